The third kappa shape index (κ3) is 3.39. The minimum atomic E-state index is -0.146. The van der Waals surface area contributed by atoms with E-state index in [1.165, 1.54) is 9.75 Å². The van der Waals surface area contributed by atoms with Gasteiger partial charge in [-0.3, -0.25) is 4.79 Å². The molecule has 3 heteroatoms. The van der Waals surface area contributed by atoms with Crippen molar-refractivity contribution in [2.24, 2.45) is 5.92 Å². The van der Waals surface area contributed by atoms with Gasteiger partial charge in [-0.1, -0.05) is 6.92 Å². The van der Waals surface area contributed by atoms with Crippen molar-refractivity contribution >= 4 is 17.1 Å². The van der Waals surface area contributed by atoms with Gasteiger partial charge >= 0.3 is 0 Å². The van der Waals surface area contributed by atoms with Gasteiger partial charge in [0.05, 0.1) is 0 Å². The fraction of sp³-hybridized carbons (Fsp3) is 0.643. The zero-order valence-corrected chi connectivity index (χ0v) is 11.4. The smallest absolute Gasteiger partial charge is 0.167 e. The number of carbonyl (C=O) groups excluding carboxylic acids is 1. The zero-order valence-electron chi connectivity index (χ0n) is 10.6. The van der Waals surface area contributed by atoms with Gasteiger partial charge in [0.2, 0.25) is 0 Å². The van der Waals surface area contributed by atoms with E-state index in [2.05, 4.69) is 19.1 Å². The van der Waals surface area contributed by atoms with Gasteiger partial charge in [0.15, 0.2) is 5.78 Å². The number of carbonyl (C=O) groups is 1. The van der Waals surface area contributed by atoms with E-state index in [1.807, 2.05) is 6.92 Å². The van der Waals surface area contributed by atoms with Crippen molar-refractivity contribution in [2.45, 2.75) is 45.6 Å². The molecule has 0 aliphatic heterocycles. The summed E-state index contributed by atoms with van der Waals surface area (Å²) in [5, 5.41) is 0. The number of aryl methyl sites for hydroxylation is 1. The first-order chi connectivity index (χ1) is 8.24. The molecular weight excluding hydrogens is 232 g/mol. The number of ketones is 1. The number of ether oxygens (including phenoxy) is 1. The van der Waals surface area contributed by atoms with Crippen LogP contribution in [-0.2, 0) is 22.4 Å². The Morgan fingerprint density at radius 1 is 1.41 bits per heavy atom. The number of Topliss-reactive ketones (excluding diaryl/α,β-unsaturated/α-hetero) is 1. The Labute approximate surface area is 107 Å². The first kappa shape index (κ1) is 12.8. The van der Waals surface area contributed by atoms with Crippen molar-refractivity contribution in [3.8, 4) is 0 Å². The van der Waals surface area contributed by atoms with Crippen LogP contribution in [0.4, 0.5) is 0 Å². The first-order valence-corrected chi connectivity index (χ1v) is 7.28. The lowest BCUT2D eigenvalue weighted by Crippen LogP contribution is -2.27. The number of hydrogen-bond acceptors (Lipinski definition) is 3. The highest BCUT2D eigenvalue weighted by Gasteiger charge is 2.36. The summed E-state index contributed by atoms with van der Waals surface area (Å²) in [4.78, 5) is 14.7. The van der Waals surface area contributed by atoms with Crippen LogP contribution in [0.5, 0.6) is 0 Å². The Morgan fingerprint density at radius 3 is 2.65 bits per heavy atom. The van der Waals surface area contributed by atoms with Gasteiger partial charge in [-0.15, -0.1) is 11.3 Å². The van der Waals surface area contributed by atoms with E-state index in [1.54, 1.807) is 11.3 Å². The van der Waals surface area contributed by atoms with E-state index in [-0.39, 0.29) is 11.9 Å². The van der Waals surface area contributed by atoms with Crippen molar-refractivity contribution < 1.29 is 9.53 Å². The molecule has 1 atom stereocenters. The Hall–Kier alpha value is -0.670. The van der Waals surface area contributed by atoms with Crippen LogP contribution < -0.4 is 0 Å². The second-order valence-corrected chi connectivity index (χ2v) is 5.83. The van der Waals surface area contributed by atoms with Gasteiger partial charge in [-0.25, -0.2) is 0 Å². The monoisotopic (exact) mass is 252 g/mol. The van der Waals surface area contributed by atoms with Crippen LogP contribution in [0.25, 0.3) is 0 Å². The molecule has 1 heterocycles. The SMILES string of the molecule is CCOC(C(=O)Cc1ccc(CC)s1)C1CC1. The van der Waals surface area contributed by atoms with Gasteiger partial charge in [0, 0.05) is 22.8 Å². The van der Waals surface area contributed by atoms with Gasteiger partial charge in [0.1, 0.15) is 6.10 Å². The summed E-state index contributed by atoms with van der Waals surface area (Å²) in [5.74, 6) is 0.756. The molecule has 0 bridgehead atoms. The van der Waals surface area contributed by atoms with Crippen LogP contribution in [0.15, 0.2) is 12.1 Å². The standard InChI is InChI=1S/C14H20O2S/c1-3-11-7-8-12(17-11)9-13(15)14(16-4-2)10-5-6-10/h7-8,10,14H,3-6,9H2,1-2H3. The molecule has 0 amide bonds. The lowest BCUT2D eigenvalue weighted by Gasteiger charge is -2.14. The topological polar surface area (TPSA) is 26.3 Å². The van der Waals surface area contributed by atoms with Crippen LogP contribution in [-0.4, -0.2) is 18.5 Å². The fourth-order valence-corrected chi connectivity index (χ4v) is 3.02. The molecule has 1 aliphatic rings. The minimum absolute atomic E-state index is 0.146. The molecule has 0 aromatic carbocycles. The molecule has 1 aromatic rings. The summed E-state index contributed by atoms with van der Waals surface area (Å²) in [5.41, 5.74) is 0. The largest absolute Gasteiger partial charge is 0.370 e. The van der Waals surface area contributed by atoms with E-state index in [0.717, 1.165) is 19.3 Å². The van der Waals surface area contributed by atoms with E-state index in [4.69, 9.17) is 4.74 Å². The maximum absolute atomic E-state index is 12.2. The Morgan fingerprint density at radius 2 is 2.12 bits per heavy atom. The first-order valence-electron chi connectivity index (χ1n) is 6.46. The summed E-state index contributed by atoms with van der Waals surface area (Å²) in [7, 11) is 0. The second kappa shape index (κ2) is 5.78. The Balaban J connectivity index is 1.94. The zero-order chi connectivity index (χ0) is 12.3. The van der Waals surface area contributed by atoms with E-state index >= 15 is 0 Å². The maximum Gasteiger partial charge on any atom is 0.167 e. The molecule has 0 saturated heterocycles. The molecule has 17 heavy (non-hydrogen) atoms. The highest BCUT2D eigenvalue weighted by atomic mass is 32.1. The second-order valence-electron chi connectivity index (χ2n) is 4.58. The average Bonchev–Trinajstić information content (AvgIpc) is 3.06. The predicted octanol–water partition coefficient (Wildman–Crippen LogP) is 3.24. The Kier molecular flexibility index (Phi) is 4.35. The summed E-state index contributed by atoms with van der Waals surface area (Å²) >= 11 is 1.75. The molecule has 0 radical (unpaired) electrons. The lowest BCUT2D eigenvalue weighted by molar-refractivity contribution is -0.130. The molecule has 0 spiro atoms. The van der Waals surface area contributed by atoms with Crippen LogP contribution in [0, 0.1) is 5.92 Å². The molecule has 0 N–H and O–H groups in total. The molecule has 1 aliphatic carbocycles. The van der Waals surface area contributed by atoms with Crippen molar-refractivity contribution in [1.82, 2.24) is 0 Å². The minimum Gasteiger partial charge on any atom is -0.370 e. The molecule has 1 saturated carbocycles. The van der Waals surface area contributed by atoms with E-state index in [0.29, 0.717) is 18.9 Å². The molecule has 2 rings (SSSR count). The number of thiophene rings is 1. The summed E-state index contributed by atoms with van der Waals surface area (Å²) < 4.78 is 5.59. The highest BCUT2D eigenvalue weighted by molar-refractivity contribution is 7.12. The molecule has 1 aromatic heterocycles. The maximum atomic E-state index is 12.2. The van der Waals surface area contributed by atoms with Crippen LogP contribution in [0.1, 0.15) is 36.4 Å². The Bertz CT molecular complexity index is 379. The third-order valence-corrected chi connectivity index (χ3v) is 4.36. The third-order valence-electron chi connectivity index (χ3n) is 3.13. The quantitative estimate of drug-likeness (QED) is 0.744. The van der Waals surface area contributed by atoms with Crippen molar-refractivity contribution in [1.29, 1.82) is 0 Å². The fourth-order valence-electron chi connectivity index (χ4n) is 2.05. The lowest BCUT2D eigenvalue weighted by atomic mass is 10.1. The number of hydrogen-bond donors (Lipinski definition) is 0. The highest BCUT2D eigenvalue weighted by Crippen LogP contribution is 2.35. The molecule has 2 nitrogen and oxygen atoms in total. The van der Waals surface area contributed by atoms with Crippen LogP contribution in [0.2, 0.25) is 0 Å². The predicted molar refractivity (Wildman–Crippen MR) is 70.5 cm³/mol. The van der Waals surface area contributed by atoms with Gasteiger partial charge in [-0.2, -0.15) is 0 Å². The van der Waals surface area contributed by atoms with Crippen LogP contribution in [0.3, 0.4) is 0 Å². The molecule has 1 fully saturated rings. The van der Waals surface area contributed by atoms with Gasteiger partial charge in [0.25, 0.3) is 0 Å². The van der Waals surface area contributed by atoms with Crippen molar-refractivity contribution in [3.05, 3.63) is 21.9 Å². The molecular formula is C14H20O2S. The summed E-state index contributed by atoms with van der Waals surface area (Å²) in [6.07, 6.45) is 3.76. The molecule has 94 valence electrons. The van der Waals surface area contributed by atoms with E-state index in [9.17, 15) is 4.79 Å². The van der Waals surface area contributed by atoms with Crippen molar-refractivity contribution in [3.63, 3.8) is 0 Å². The summed E-state index contributed by atoms with van der Waals surface area (Å²) in [6.45, 7) is 4.74. The van der Waals surface area contributed by atoms with Crippen molar-refractivity contribution in [2.75, 3.05) is 6.61 Å². The van der Waals surface area contributed by atoms with Gasteiger partial charge in [-0.05, 0) is 44.2 Å². The van der Waals surface area contributed by atoms with Crippen LogP contribution >= 0.6 is 11.3 Å². The van der Waals surface area contributed by atoms with E-state index < -0.39 is 0 Å². The molecule has 1 unspecified atom stereocenters. The van der Waals surface area contributed by atoms with Gasteiger partial charge < -0.3 is 4.74 Å². The normalized spacial score (nSPS) is 17.1. The average molecular weight is 252 g/mol. The number of rotatable bonds is 7. The summed E-state index contributed by atoms with van der Waals surface area (Å²) in [6, 6.07) is 4.21.